The van der Waals surface area contributed by atoms with Gasteiger partial charge in [0.1, 0.15) is 10.8 Å². The lowest BCUT2D eigenvalue weighted by molar-refractivity contribution is -0.136. The van der Waals surface area contributed by atoms with Gasteiger partial charge in [-0.25, -0.2) is 9.97 Å². The standard InChI is InChI=1S/C28H29ClN4O2S/c1-17(2)32-10-12-33(13-11-32)24-15-20(8-9-30-24)28-31-23-14-18(3)22(16-25(34)35)26(27(23)36-28)19-4-6-21(29)7-5-19/h4-9,14-15,17H,10-13,16H2,1-3H3,(H,34,35). The third-order valence-electron chi connectivity index (χ3n) is 6.83. The highest BCUT2D eigenvalue weighted by molar-refractivity contribution is 7.22. The van der Waals surface area contributed by atoms with Crippen molar-refractivity contribution in [2.24, 2.45) is 0 Å². The molecule has 36 heavy (non-hydrogen) atoms. The summed E-state index contributed by atoms with van der Waals surface area (Å²) in [5.74, 6) is 0.115. The first-order valence-electron chi connectivity index (χ1n) is 12.2. The van der Waals surface area contributed by atoms with Crippen LogP contribution in [0.2, 0.25) is 5.02 Å². The Morgan fingerprint density at radius 2 is 1.81 bits per heavy atom. The van der Waals surface area contributed by atoms with Gasteiger partial charge in [0, 0.05) is 54.6 Å². The molecule has 6 nitrogen and oxygen atoms in total. The summed E-state index contributed by atoms with van der Waals surface area (Å²) < 4.78 is 0.984. The minimum atomic E-state index is -0.853. The molecule has 186 valence electrons. The Bertz CT molecular complexity index is 1410. The van der Waals surface area contributed by atoms with Crippen LogP contribution >= 0.6 is 22.9 Å². The number of aryl methyl sites for hydroxylation is 1. The zero-order valence-corrected chi connectivity index (χ0v) is 22.2. The maximum Gasteiger partial charge on any atom is 0.307 e. The molecule has 1 aliphatic rings. The molecule has 0 radical (unpaired) electrons. The van der Waals surface area contributed by atoms with E-state index in [-0.39, 0.29) is 6.42 Å². The Morgan fingerprint density at radius 3 is 2.47 bits per heavy atom. The molecule has 1 fully saturated rings. The van der Waals surface area contributed by atoms with Gasteiger partial charge >= 0.3 is 5.97 Å². The van der Waals surface area contributed by atoms with Gasteiger partial charge in [0.2, 0.25) is 0 Å². The monoisotopic (exact) mass is 520 g/mol. The second-order valence-corrected chi connectivity index (χ2v) is 10.9. The number of carboxylic acid groups (broad SMARTS) is 1. The number of fused-ring (bicyclic) bond motifs is 1. The summed E-state index contributed by atoms with van der Waals surface area (Å²) in [4.78, 5) is 26.2. The third-order valence-corrected chi connectivity index (χ3v) is 8.22. The van der Waals surface area contributed by atoms with Crippen LogP contribution in [0.25, 0.3) is 31.9 Å². The molecule has 0 atom stereocenters. The molecule has 0 aliphatic carbocycles. The van der Waals surface area contributed by atoms with Crippen molar-refractivity contribution in [3.05, 3.63) is 64.8 Å². The second-order valence-electron chi connectivity index (χ2n) is 9.51. The molecule has 4 aromatic rings. The highest BCUT2D eigenvalue weighted by Gasteiger charge is 2.22. The number of aromatic nitrogens is 2. The predicted octanol–water partition coefficient (Wildman–Crippen LogP) is 6.14. The molecule has 2 aromatic heterocycles. The van der Waals surface area contributed by atoms with E-state index in [1.165, 1.54) is 0 Å². The highest BCUT2D eigenvalue weighted by atomic mass is 35.5. The van der Waals surface area contributed by atoms with Gasteiger partial charge in [0.05, 0.1) is 16.6 Å². The number of carboxylic acids is 1. The van der Waals surface area contributed by atoms with Crippen molar-refractivity contribution >= 4 is 44.9 Å². The molecule has 5 rings (SSSR count). The van der Waals surface area contributed by atoms with Crippen molar-refractivity contribution in [3.63, 3.8) is 0 Å². The summed E-state index contributed by atoms with van der Waals surface area (Å²) in [6.07, 6.45) is 1.81. The van der Waals surface area contributed by atoms with E-state index in [0.717, 1.165) is 75.0 Å². The molecule has 0 unspecified atom stereocenters. The van der Waals surface area contributed by atoms with Crippen LogP contribution in [-0.4, -0.2) is 58.2 Å². The van der Waals surface area contributed by atoms with E-state index >= 15 is 0 Å². The molecule has 1 aliphatic heterocycles. The SMILES string of the molecule is Cc1cc2nc(-c3ccnc(N4CCN(C(C)C)CC4)c3)sc2c(-c2ccc(Cl)cc2)c1CC(=O)O. The lowest BCUT2D eigenvalue weighted by Gasteiger charge is -2.37. The van der Waals surface area contributed by atoms with E-state index in [9.17, 15) is 9.90 Å². The number of aliphatic carboxylic acids is 1. The predicted molar refractivity (Wildman–Crippen MR) is 148 cm³/mol. The third kappa shape index (κ3) is 4.96. The largest absolute Gasteiger partial charge is 0.481 e. The molecule has 0 saturated carbocycles. The van der Waals surface area contributed by atoms with Crippen LogP contribution in [0.4, 0.5) is 5.82 Å². The van der Waals surface area contributed by atoms with E-state index in [1.807, 2.05) is 49.5 Å². The first-order chi connectivity index (χ1) is 17.3. The second kappa shape index (κ2) is 10.2. The average Bonchev–Trinajstić information content (AvgIpc) is 3.28. The fourth-order valence-electron chi connectivity index (χ4n) is 4.85. The lowest BCUT2D eigenvalue weighted by Crippen LogP contribution is -2.49. The van der Waals surface area contributed by atoms with Crippen LogP contribution in [0, 0.1) is 6.92 Å². The average molecular weight is 521 g/mol. The zero-order chi connectivity index (χ0) is 25.4. The van der Waals surface area contributed by atoms with Crippen molar-refractivity contribution in [3.8, 4) is 21.7 Å². The lowest BCUT2D eigenvalue weighted by atomic mass is 9.93. The fraction of sp³-hybridized carbons (Fsp3) is 0.321. The van der Waals surface area contributed by atoms with Gasteiger partial charge in [0.25, 0.3) is 0 Å². The van der Waals surface area contributed by atoms with Gasteiger partial charge in [0.15, 0.2) is 0 Å². The van der Waals surface area contributed by atoms with Gasteiger partial charge in [-0.3, -0.25) is 9.69 Å². The summed E-state index contributed by atoms with van der Waals surface area (Å²) >= 11 is 7.74. The number of pyridine rings is 1. The highest BCUT2D eigenvalue weighted by Crippen LogP contribution is 2.41. The summed E-state index contributed by atoms with van der Waals surface area (Å²) in [7, 11) is 0. The Kier molecular flexibility index (Phi) is 6.97. The molecule has 1 N–H and O–H groups in total. The Hall–Kier alpha value is -3.00. The Labute approximate surface area is 220 Å². The molecule has 0 spiro atoms. The number of benzene rings is 2. The van der Waals surface area contributed by atoms with Crippen LogP contribution in [0.3, 0.4) is 0 Å². The summed E-state index contributed by atoms with van der Waals surface area (Å²) in [5, 5.41) is 11.2. The summed E-state index contributed by atoms with van der Waals surface area (Å²) in [6, 6.07) is 14.2. The van der Waals surface area contributed by atoms with E-state index in [4.69, 9.17) is 16.6 Å². The summed E-state index contributed by atoms with van der Waals surface area (Å²) in [5.41, 5.74) is 5.49. The smallest absolute Gasteiger partial charge is 0.307 e. The fourth-order valence-corrected chi connectivity index (χ4v) is 6.11. The minimum absolute atomic E-state index is 0.0469. The van der Waals surface area contributed by atoms with Crippen molar-refractivity contribution in [1.82, 2.24) is 14.9 Å². The Balaban J connectivity index is 1.56. The minimum Gasteiger partial charge on any atom is -0.481 e. The quantitative estimate of drug-likeness (QED) is 0.329. The van der Waals surface area contributed by atoms with Crippen LogP contribution in [0.15, 0.2) is 48.7 Å². The van der Waals surface area contributed by atoms with Crippen molar-refractivity contribution in [2.45, 2.75) is 33.2 Å². The van der Waals surface area contributed by atoms with Crippen LogP contribution in [0.5, 0.6) is 0 Å². The number of piperazine rings is 1. The van der Waals surface area contributed by atoms with Crippen LogP contribution < -0.4 is 4.90 Å². The van der Waals surface area contributed by atoms with Gasteiger partial charge < -0.3 is 10.0 Å². The first kappa shape index (κ1) is 24.7. The number of thiazole rings is 1. The molecule has 3 heterocycles. The number of hydrogen-bond donors (Lipinski definition) is 1. The van der Waals surface area contributed by atoms with Gasteiger partial charge in [-0.1, -0.05) is 23.7 Å². The van der Waals surface area contributed by atoms with E-state index in [0.29, 0.717) is 11.1 Å². The molecule has 1 saturated heterocycles. The molecular weight excluding hydrogens is 492 g/mol. The van der Waals surface area contributed by atoms with E-state index in [2.05, 4.69) is 34.7 Å². The van der Waals surface area contributed by atoms with Gasteiger partial charge in [-0.2, -0.15) is 0 Å². The summed E-state index contributed by atoms with van der Waals surface area (Å²) in [6.45, 7) is 10.4. The van der Waals surface area contributed by atoms with Crippen LogP contribution in [0.1, 0.15) is 25.0 Å². The number of halogens is 1. The Morgan fingerprint density at radius 1 is 1.08 bits per heavy atom. The van der Waals surface area contributed by atoms with Gasteiger partial charge in [-0.15, -0.1) is 11.3 Å². The maximum atomic E-state index is 11.7. The number of anilines is 1. The number of nitrogens with zero attached hydrogens (tertiary/aromatic N) is 4. The molecule has 8 heteroatoms. The topological polar surface area (TPSA) is 69.6 Å². The normalized spacial score (nSPS) is 14.6. The van der Waals surface area contributed by atoms with Gasteiger partial charge in [-0.05, 0) is 67.8 Å². The van der Waals surface area contributed by atoms with E-state index < -0.39 is 5.97 Å². The molecule has 0 bridgehead atoms. The van der Waals surface area contributed by atoms with Crippen LogP contribution in [-0.2, 0) is 11.2 Å². The molecule has 0 amide bonds. The number of carbonyl (C=O) groups is 1. The van der Waals surface area contributed by atoms with Crippen molar-refractivity contribution in [2.75, 3.05) is 31.1 Å². The van der Waals surface area contributed by atoms with E-state index in [1.54, 1.807) is 11.3 Å². The first-order valence-corrected chi connectivity index (χ1v) is 13.4. The van der Waals surface area contributed by atoms with Crippen molar-refractivity contribution < 1.29 is 9.90 Å². The van der Waals surface area contributed by atoms with Crippen molar-refractivity contribution in [1.29, 1.82) is 0 Å². The zero-order valence-electron chi connectivity index (χ0n) is 20.7. The molecular formula is C28H29ClN4O2S. The number of rotatable bonds is 6. The maximum absolute atomic E-state index is 11.7. The number of hydrogen-bond acceptors (Lipinski definition) is 6. The molecule has 2 aromatic carbocycles.